The third-order valence-electron chi connectivity index (χ3n) is 2.91. The molecular weight excluding hydrogens is 254 g/mol. The summed E-state index contributed by atoms with van der Waals surface area (Å²) in [6, 6.07) is 6.99. The van der Waals surface area contributed by atoms with Crippen LogP contribution in [0, 0.1) is 6.92 Å². The number of benzene rings is 1. The number of amides is 1. The average Bonchev–Trinajstić information content (AvgIpc) is 2.46. The largest absolute Gasteiger partial charge is 0.381 e. The molecule has 0 heterocycles. The molecule has 0 saturated carbocycles. The second-order valence-corrected chi connectivity index (χ2v) is 4.77. The van der Waals surface area contributed by atoms with Gasteiger partial charge < -0.3 is 10.1 Å². The third kappa shape index (κ3) is 5.97. The molecule has 0 fully saturated rings. The molecule has 0 aliphatic rings. The summed E-state index contributed by atoms with van der Waals surface area (Å²) in [6.07, 6.45) is 2.89. The van der Waals surface area contributed by atoms with Crippen LogP contribution in [0.15, 0.2) is 24.3 Å². The minimum atomic E-state index is -0.553. The molecule has 0 aromatic heterocycles. The highest BCUT2D eigenvalue weighted by molar-refractivity contribution is 6.42. The Bertz CT molecular complexity index is 426. The standard InChI is InChI=1S/C16H23NO3/c1-3-4-11-20-12-5-10-17-16(19)15(18)14-8-6-13(2)7-9-14/h6-9H,3-5,10-12H2,1-2H3,(H,17,19). The molecule has 20 heavy (non-hydrogen) atoms. The van der Waals surface area contributed by atoms with E-state index in [1.54, 1.807) is 12.1 Å². The van der Waals surface area contributed by atoms with E-state index in [-0.39, 0.29) is 0 Å². The summed E-state index contributed by atoms with van der Waals surface area (Å²) in [5.41, 5.74) is 1.48. The van der Waals surface area contributed by atoms with Crippen LogP contribution in [0.5, 0.6) is 0 Å². The Morgan fingerprint density at radius 1 is 1.10 bits per heavy atom. The Balaban J connectivity index is 2.22. The van der Waals surface area contributed by atoms with Crippen molar-refractivity contribution in [2.24, 2.45) is 0 Å². The highest BCUT2D eigenvalue weighted by Crippen LogP contribution is 2.04. The number of rotatable bonds is 9. The number of hydrogen-bond donors (Lipinski definition) is 1. The van der Waals surface area contributed by atoms with E-state index < -0.39 is 11.7 Å². The van der Waals surface area contributed by atoms with Gasteiger partial charge in [-0.3, -0.25) is 9.59 Å². The first kappa shape index (κ1) is 16.4. The van der Waals surface area contributed by atoms with Crippen molar-refractivity contribution >= 4 is 11.7 Å². The van der Waals surface area contributed by atoms with Gasteiger partial charge in [-0.05, 0) is 19.8 Å². The molecule has 1 aromatic carbocycles. The number of Topliss-reactive ketones (excluding diaryl/α,β-unsaturated/α-hetero) is 1. The summed E-state index contributed by atoms with van der Waals surface area (Å²) in [6.45, 7) is 5.88. The predicted molar refractivity (Wildman–Crippen MR) is 78.9 cm³/mol. The Kier molecular flexibility index (Phi) is 7.58. The number of unbranched alkanes of at least 4 members (excludes halogenated alkanes) is 1. The Morgan fingerprint density at radius 2 is 1.75 bits per heavy atom. The number of hydrogen-bond acceptors (Lipinski definition) is 3. The van der Waals surface area contributed by atoms with Gasteiger partial charge in [-0.1, -0.05) is 43.2 Å². The molecule has 1 rings (SSSR count). The fraction of sp³-hybridized carbons (Fsp3) is 0.500. The summed E-state index contributed by atoms with van der Waals surface area (Å²) in [5.74, 6) is -1.04. The van der Waals surface area contributed by atoms with E-state index in [1.165, 1.54) is 0 Å². The first-order valence-corrected chi connectivity index (χ1v) is 7.12. The van der Waals surface area contributed by atoms with E-state index in [2.05, 4.69) is 12.2 Å². The van der Waals surface area contributed by atoms with Gasteiger partial charge in [0.15, 0.2) is 0 Å². The maximum atomic E-state index is 11.8. The van der Waals surface area contributed by atoms with E-state index >= 15 is 0 Å². The quantitative estimate of drug-likeness (QED) is 0.428. The van der Waals surface area contributed by atoms with E-state index in [9.17, 15) is 9.59 Å². The van der Waals surface area contributed by atoms with Gasteiger partial charge in [0, 0.05) is 25.3 Å². The zero-order valence-corrected chi connectivity index (χ0v) is 12.3. The molecule has 1 amide bonds. The molecule has 0 bridgehead atoms. The molecule has 0 atom stereocenters. The summed E-state index contributed by atoms with van der Waals surface area (Å²) in [5, 5.41) is 2.62. The zero-order valence-electron chi connectivity index (χ0n) is 12.3. The SMILES string of the molecule is CCCCOCCCNC(=O)C(=O)c1ccc(C)cc1. The van der Waals surface area contributed by atoms with Crippen LogP contribution >= 0.6 is 0 Å². The molecule has 0 spiro atoms. The van der Waals surface area contributed by atoms with E-state index in [1.807, 2.05) is 19.1 Å². The van der Waals surface area contributed by atoms with Crippen molar-refractivity contribution in [2.75, 3.05) is 19.8 Å². The zero-order chi connectivity index (χ0) is 14.8. The second kappa shape index (κ2) is 9.26. The van der Waals surface area contributed by atoms with Gasteiger partial charge in [0.1, 0.15) is 0 Å². The molecule has 0 saturated heterocycles. The molecule has 4 heteroatoms. The summed E-state index contributed by atoms with van der Waals surface area (Å²) in [7, 11) is 0. The van der Waals surface area contributed by atoms with Gasteiger partial charge in [-0.2, -0.15) is 0 Å². The van der Waals surface area contributed by atoms with Gasteiger partial charge >= 0.3 is 0 Å². The van der Waals surface area contributed by atoms with Crippen LogP contribution in [0.25, 0.3) is 0 Å². The summed E-state index contributed by atoms with van der Waals surface area (Å²) in [4.78, 5) is 23.5. The Morgan fingerprint density at radius 3 is 2.40 bits per heavy atom. The van der Waals surface area contributed by atoms with Crippen molar-refractivity contribution in [1.82, 2.24) is 5.32 Å². The van der Waals surface area contributed by atoms with E-state index in [0.717, 1.165) is 31.4 Å². The Hall–Kier alpha value is -1.68. The second-order valence-electron chi connectivity index (χ2n) is 4.77. The molecule has 0 radical (unpaired) electrons. The number of aryl methyl sites for hydroxylation is 1. The van der Waals surface area contributed by atoms with Crippen molar-refractivity contribution in [1.29, 1.82) is 0 Å². The first-order valence-electron chi connectivity index (χ1n) is 7.12. The van der Waals surface area contributed by atoms with Crippen LogP contribution in [0.2, 0.25) is 0 Å². The first-order chi connectivity index (χ1) is 9.65. The highest BCUT2D eigenvalue weighted by atomic mass is 16.5. The van der Waals surface area contributed by atoms with Crippen LogP contribution in [-0.2, 0) is 9.53 Å². The molecule has 0 aliphatic carbocycles. The lowest BCUT2D eigenvalue weighted by molar-refractivity contribution is -0.117. The van der Waals surface area contributed by atoms with Gasteiger partial charge in [-0.25, -0.2) is 0 Å². The van der Waals surface area contributed by atoms with Gasteiger partial charge in [0.2, 0.25) is 5.78 Å². The van der Waals surface area contributed by atoms with Crippen molar-refractivity contribution in [3.8, 4) is 0 Å². The average molecular weight is 277 g/mol. The smallest absolute Gasteiger partial charge is 0.292 e. The fourth-order valence-corrected chi connectivity index (χ4v) is 1.64. The molecule has 0 unspecified atom stereocenters. The topological polar surface area (TPSA) is 55.4 Å². The molecular formula is C16H23NO3. The molecule has 110 valence electrons. The van der Waals surface area contributed by atoms with Gasteiger partial charge in [0.05, 0.1) is 0 Å². The predicted octanol–water partition coefficient (Wildman–Crippen LogP) is 2.50. The molecule has 4 nitrogen and oxygen atoms in total. The number of ether oxygens (including phenoxy) is 1. The minimum Gasteiger partial charge on any atom is -0.381 e. The number of carbonyl (C=O) groups excluding carboxylic acids is 2. The number of nitrogens with one attached hydrogen (secondary N) is 1. The van der Waals surface area contributed by atoms with Crippen molar-refractivity contribution in [3.05, 3.63) is 35.4 Å². The summed E-state index contributed by atoms with van der Waals surface area (Å²) < 4.78 is 5.38. The highest BCUT2D eigenvalue weighted by Gasteiger charge is 2.14. The van der Waals surface area contributed by atoms with E-state index in [4.69, 9.17) is 4.74 Å². The van der Waals surface area contributed by atoms with Crippen molar-refractivity contribution in [2.45, 2.75) is 33.1 Å². The summed E-state index contributed by atoms with van der Waals surface area (Å²) >= 11 is 0. The van der Waals surface area contributed by atoms with Crippen molar-refractivity contribution in [3.63, 3.8) is 0 Å². The van der Waals surface area contributed by atoms with Crippen LogP contribution in [0.1, 0.15) is 42.1 Å². The number of ketones is 1. The molecule has 0 aliphatic heterocycles. The number of carbonyl (C=O) groups is 2. The van der Waals surface area contributed by atoms with Crippen LogP contribution in [0.4, 0.5) is 0 Å². The van der Waals surface area contributed by atoms with Gasteiger partial charge in [0.25, 0.3) is 5.91 Å². The third-order valence-corrected chi connectivity index (χ3v) is 2.91. The lowest BCUT2D eigenvalue weighted by atomic mass is 10.1. The van der Waals surface area contributed by atoms with Crippen molar-refractivity contribution < 1.29 is 14.3 Å². The Labute approximate surface area is 120 Å². The normalized spacial score (nSPS) is 10.3. The van der Waals surface area contributed by atoms with Gasteiger partial charge in [-0.15, -0.1) is 0 Å². The molecule has 1 N–H and O–H groups in total. The maximum Gasteiger partial charge on any atom is 0.292 e. The fourth-order valence-electron chi connectivity index (χ4n) is 1.64. The van der Waals surface area contributed by atoms with Crippen LogP contribution in [-0.4, -0.2) is 31.4 Å². The lowest BCUT2D eigenvalue weighted by Crippen LogP contribution is -2.32. The van der Waals surface area contributed by atoms with Crippen LogP contribution < -0.4 is 5.32 Å². The molecule has 1 aromatic rings. The maximum absolute atomic E-state index is 11.8. The lowest BCUT2D eigenvalue weighted by Gasteiger charge is -2.05. The monoisotopic (exact) mass is 277 g/mol. The van der Waals surface area contributed by atoms with E-state index in [0.29, 0.717) is 18.7 Å². The van der Waals surface area contributed by atoms with Crippen LogP contribution in [0.3, 0.4) is 0 Å². The minimum absolute atomic E-state index is 0.423.